The minimum Gasteiger partial charge on any atom is -0.491 e. The van der Waals surface area contributed by atoms with E-state index in [1.807, 2.05) is 0 Å². The number of ether oxygens (including phenoxy) is 2. The number of aryl methyl sites for hydroxylation is 1. The van der Waals surface area contributed by atoms with Crippen LogP contribution in [-0.4, -0.2) is 43.9 Å². The molecule has 0 amide bonds. The average molecular weight is 431 g/mol. The van der Waals surface area contributed by atoms with Gasteiger partial charge in [0.1, 0.15) is 12.4 Å². The largest absolute Gasteiger partial charge is 0.491 e. The van der Waals surface area contributed by atoms with Gasteiger partial charge in [0.05, 0.1) is 16.8 Å². The van der Waals surface area contributed by atoms with E-state index < -0.39 is 0 Å². The van der Waals surface area contributed by atoms with Crippen molar-refractivity contribution < 1.29 is 9.47 Å². The first-order valence-electron chi connectivity index (χ1n) is 10.8. The Hall–Kier alpha value is -2.12. The van der Waals surface area contributed by atoms with E-state index in [0.717, 1.165) is 55.4 Å². The van der Waals surface area contributed by atoms with Gasteiger partial charge in [-0.2, -0.15) is 0 Å². The summed E-state index contributed by atoms with van der Waals surface area (Å²) >= 11 is 1.74. The number of hydrogen-bond donors (Lipinski definition) is 2. The number of aliphatic imine (C=N–C) groups is 1. The molecule has 0 radical (unpaired) electrons. The second kappa shape index (κ2) is 11.3. The summed E-state index contributed by atoms with van der Waals surface area (Å²) in [5.41, 5.74) is 3.44. The van der Waals surface area contributed by atoms with Crippen LogP contribution in [0.5, 0.6) is 5.75 Å². The summed E-state index contributed by atoms with van der Waals surface area (Å²) in [6.07, 6.45) is 3.29. The molecule has 1 saturated heterocycles. The molecule has 1 aliphatic heterocycles. The predicted molar refractivity (Wildman–Crippen MR) is 124 cm³/mol. The van der Waals surface area contributed by atoms with Gasteiger partial charge in [0.2, 0.25) is 0 Å². The van der Waals surface area contributed by atoms with Gasteiger partial charge in [0.15, 0.2) is 5.96 Å². The molecule has 0 bridgehead atoms. The van der Waals surface area contributed by atoms with Crippen molar-refractivity contribution in [2.24, 2.45) is 4.99 Å². The third kappa shape index (κ3) is 6.71. The fraction of sp³-hybridized carbons (Fsp3) is 0.565. The zero-order valence-corrected chi connectivity index (χ0v) is 19.3. The molecule has 30 heavy (non-hydrogen) atoms. The highest BCUT2D eigenvalue weighted by atomic mass is 32.1. The second-order valence-electron chi connectivity index (χ2n) is 7.99. The molecule has 1 unspecified atom stereocenters. The van der Waals surface area contributed by atoms with Crippen LogP contribution in [0.15, 0.2) is 28.6 Å². The van der Waals surface area contributed by atoms with Gasteiger partial charge in [-0.05, 0) is 31.4 Å². The van der Waals surface area contributed by atoms with Crippen molar-refractivity contribution in [1.29, 1.82) is 0 Å². The van der Waals surface area contributed by atoms with Crippen LogP contribution in [0.3, 0.4) is 0 Å². The molecular formula is C23H34N4O2S. The highest BCUT2D eigenvalue weighted by Crippen LogP contribution is 2.22. The first-order chi connectivity index (χ1) is 14.5. The summed E-state index contributed by atoms with van der Waals surface area (Å²) in [5, 5.41) is 10.1. The number of nitrogens with zero attached hydrogens (tertiary/aromatic N) is 2. The minimum atomic E-state index is 0.211. The monoisotopic (exact) mass is 430 g/mol. The maximum Gasteiger partial charge on any atom is 0.191 e. The molecule has 0 aliphatic carbocycles. The molecule has 2 heterocycles. The molecule has 2 N–H and O–H groups in total. The topological polar surface area (TPSA) is 67.8 Å². The van der Waals surface area contributed by atoms with Gasteiger partial charge in [-0.15, -0.1) is 11.3 Å². The van der Waals surface area contributed by atoms with Crippen molar-refractivity contribution in [2.45, 2.75) is 58.6 Å². The van der Waals surface area contributed by atoms with Crippen LogP contribution in [-0.2, 0) is 17.7 Å². The molecule has 164 valence electrons. The zero-order valence-electron chi connectivity index (χ0n) is 18.5. The Balaban J connectivity index is 1.48. The molecular weight excluding hydrogens is 396 g/mol. The van der Waals surface area contributed by atoms with Gasteiger partial charge in [-0.25, -0.2) is 4.98 Å². The SMILES string of the molecule is CN=C(NCCc1csc(C(C)C)n1)NCc1ccc(C)cc1OCC1CCCO1. The van der Waals surface area contributed by atoms with Crippen molar-refractivity contribution in [3.63, 3.8) is 0 Å². The number of thiazole rings is 1. The molecule has 2 aromatic rings. The van der Waals surface area contributed by atoms with Crippen LogP contribution in [0, 0.1) is 6.92 Å². The molecule has 1 aromatic carbocycles. The molecule has 1 aromatic heterocycles. The van der Waals surface area contributed by atoms with Crippen molar-refractivity contribution in [2.75, 3.05) is 26.8 Å². The molecule has 0 spiro atoms. The Bertz CT molecular complexity index is 828. The van der Waals surface area contributed by atoms with Crippen molar-refractivity contribution >= 4 is 17.3 Å². The summed E-state index contributed by atoms with van der Waals surface area (Å²) < 4.78 is 11.8. The van der Waals surface area contributed by atoms with E-state index in [1.165, 1.54) is 10.6 Å². The smallest absolute Gasteiger partial charge is 0.191 e. The lowest BCUT2D eigenvalue weighted by atomic mass is 10.1. The molecule has 1 aliphatic rings. The second-order valence-corrected chi connectivity index (χ2v) is 8.88. The number of benzene rings is 1. The zero-order chi connectivity index (χ0) is 21.3. The van der Waals surface area contributed by atoms with E-state index in [2.05, 4.69) is 60.0 Å². The maximum absolute atomic E-state index is 6.10. The molecule has 3 rings (SSSR count). The highest BCUT2D eigenvalue weighted by molar-refractivity contribution is 7.09. The Morgan fingerprint density at radius 1 is 1.37 bits per heavy atom. The predicted octanol–water partition coefficient (Wildman–Crippen LogP) is 4.04. The van der Waals surface area contributed by atoms with Crippen LogP contribution in [0.2, 0.25) is 0 Å². The third-order valence-corrected chi connectivity index (χ3v) is 6.27. The van der Waals surface area contributed by atoms with Crippen LogP contribution in [0.1, 0.15) is 54.4 Å². The van der Waals surface area contributed by atoms with E-state index >= 15 is 0 Å². The average Bonchev–Trinajstić information content (AvgIpc) is 3.42. The standard InChI is InChI=1S/C23H34N4O2S/c1-16(2)22-27-19(15-30-22)9-10-25-23(24-4)26-13-18-8-7-17(3)12-21(18)29-14-20-6-5-11-28-20/h7-8,12,15-16,20H,5-6,9-11,13-14H2,1-4H3,(H2,24,25,26). The molecule has 1 fully saturated rings. The summed E-state index contributed by atoms with van der Waals surface area (Å²) in [5.74, 6) is 2.18. The fourth-order valence-electron chi connectivity index (χ4n) is 3.31. The van der Waals surface area contributed by atoms with Crippen LogP contribution in [0.25, 0.3) is 0 Å². The van der Waals surface area contributed by atoms with Crippen molar-refractivity contribution in [1.82, 2.24) is 15.6 Å². The maximum atomic E-state index is 6.10. The summed E-state index contributed by atoms with van der Waals surface area (Å²) in [6, 6.07) is 6.32. The molecule has 0 saturated carbocycles. The number of hydrogen-bond acceptors (Lipinski definition) is 5. The summed E-state index contributed by atoms with van der Waals surface area (Å²) in [6.45, 7) is 9.33. The van der Waals surface area contributed by atoms with Gasteiger partial charge >= 0.3 is 0 Å². The molecule has 6 nitrogen and oxygen atoms in total. The summed E-state index contributed by atoms with van der Waals surface area (Å²) in [7, 11) is 1.79. The van der Waals surface area contributed by atoms with E-state index in [4.69, 9.17) is 14.5 Å². The number of nitrogens with one attached hydrogen (secondary N) is 2. The van der Waals surface area contributed by atoms with Crippen molar-refractivity contribution in [3.05, 3.63) is 45.4 Å². The van der Waals surface area contributed by atoms with Crippen LogP contribution in [0.4, 0.5) is 0 Å². The van der Waals surface area contributed by atoms with Gasteiger partial charge in [0.25, 0.3) is 0 Å². The van der Waals surface area contributed by atoms with Crippen LogP contribution < -0.4 is 15.4 Å². The quantitative estimate of drug-likeness (QED) is 0.464. The van der Waals surface area contributed by atoms with Gasteiger partial charge in [-0.3, -0.25) is 4.99 Å². The van der Waals surface area contributed by atoms with E-state index in [0.29, 0.717) is 19.1 Å². The number of guanidine groups is 1. The molecule has 7 heteroatoms. The lowest BCUT2D eigenvalue weighted by Gasteiger charge is -2.17. The van der Waals surface area contributed by atoms with E-state index in [1.54, 1.807) is 18.4 Å². The Morgan fingerprint density at radius 2 is 2.23 bits per heavy atom. The first kappa shape index (κ1) is 22.6. The Morgan fingerprint density at radius 3 is 2.93 bits per heavy atom. The van der Waals surface area contributed by atoms with E-state index in [9.17, 15) is 0 Å². The fourth-order valence-corrected chi connectivity index (χ4v) is 4.18. The first-order valence-corrected chi connectivity index (χ1v) is 11.7. The Labute approximate surface area is 184 Å². The van der Waals surface area contributed by atoms with Crippen molar-refractivity contribution in [3.8, 4) is 5.75 Å². The lowest BCUT2D eigenvalue weighted by molar-refractivity contribution is 0.0676. The summed E-state index contributed by atoms with van der Waals surface area (Å²) in [4.78, 5) is 9.03. The number of rotatable bonds is 9. The van der Waals surface area contributed by atoms with Gasteiger partial charge in [0, 0.05) is 50.0 Å². The minimum absolute atomic E-state index is 0.211. The van der Waals surface area contributed by atoms with Gasteiger partial charge in [-0.1, -0.05) is 26.0 Å². The molecule has 1 atom stereocenters. The Kier molecular flexibility index (Phi) is 8.51. The van der Waals surface area contributed by atoms with Gasteiger partial charge < -0.3 is 20.1 Å². The lowest BCUT2D eigenvalue weighted by Crippen LogP contribution is -2.38. The van der Waals surface area contributed by atoms with E-state index in [-0.39, 0.29) is 6.10 Å². The highest BCUT2D eigenvalue weighted by Gasteiger charge is 2.17. The third-order valence-electron chi connectivity index (χ3n) is 5.08. The van der Waals surface area contributed by atoms with Crippen LogP contribution >= 0.6 is 11.3 Å². The number of aromatic nitrogens is 1. The normalized spacial score (nSPS) is 16.8.